The van der Waals surface area contributed by atoms with Gasteiger partial charge in [0, 0.05) is 12.6 Å². The summed E-state index contributed by atoms with van der Waals surface area (Å²) in [5.41, 5.74) is 5.03. The number of nitrogens with two attached hydrogens (primary N) is 1. The molecule has 15 heavy (non-hydrogen) atoms. The van der Waals surface area contributed by atoms with Crippen LogP contribution in [0.25, 0.3) is 0 Å². The van der Waals surface area contributed by atoms with E-state index in [1.807, 2.05) is 7.05 Å². The molecule has 1 atom stereocenters. The van der Waals surface area contributed by atoms with Gasteiger partial charge in [0.2, 0.25) is 0 Å². The number of rotatable bonds is 4. The van der Waals surface area contributed by atoms with Crippen molar-refractivity contribution in [2.45, 2.75) is 44.2 Å². The number of methoxy groups -OCH3 is 1. The summed E-state index contributed by atoms with van der Waals surface area (Å²) in [7, 11) is 3.41. The van der Waals surface area contributed by atoms with Gasteiger partial charge in [-0.05, 0) is 26.8 Å². The smallest absolute Gasteiger partial charge is 0.326 e. The molecule has 4 nitrogen and oxygen atoms in total. The maximum absolute atomic E-state index is 11.4. The van der Waals surface area contributed by atoms with Crippen molar-refractivity contribution >= 4 is 5.97 Å². The third-order valence-electron chi connectivity index (χ3n) is 3.18. The van der Waals surface area contributed by atoms with Crippen LogP contribution in [-0.2, 0) is 9.53 Å². The Morgan fingerprint density at radius 1 is 1.53 bits per heavy atom. The largest absolute Gasteiger partial charge is 0.468 e. The molecule has 0 radical (unpaired) electrons. The van der Waals surface area contributed by atoms with Crippen LogP contribution < -0.4 is 5.73 Å². The zero-order valence-electron chi connectivity index (χ0n) is 9.95. The lowest BCUT2D eigenvalue weighted by atomic mass is 10.0. The van der Waals surface area contributed by atoms with Gasteiger partial charge in [-0.3, -0.25) is 4.79 Å². The molecule has 1 aliphatic rings. The van der Waals surface area contributed by atoms with E-state index < -0.39 is 5.54 Å². The Morgan fingerprint density at radius 3 is 2.53 bits per heavy atom. The molecule has 0 amide bonds. The highest BCUT2D eigenvalue weighted by Crippen LogP contribution is 2.23. The average molecular weight is 214 g/mol. The highest BCUT2D eigenvalue weighted by molar-refractivity contribution is 5.80. The lowest BCUT2D eigenvalue weighted by molar-refractivity contribution is -0.147. The number of likely N-dealkylation sites (N-methyl/N-ethyl adjacent to an activating group) is 1. The molecule has 1 unspecified atom stereocenters. The van der Waals surface area contributed by atoms with E-state index in [9.17, 15) is 4.79 Å². The summed E-state index contributed by atoms with van der Waals surface area (Å²) in [5.74, 6) is -0.340. The quantitative estimate of drug-likeness (QED) is 0.702. The Labute approximate surface area is 91.8 Å². The number of nitrogens with zero attached hydrogens (tertiary/aromatic N) is 1. The Bertz CT molecular complexity index is 223. The summed E-state index contributed by atoms with van der Waals surface area (Å²) < 4.78 is 4.69. The molecule has 1 saturated carbocycles. The van der Waals surface area contributed by atoms with Crippen molar-refractivity contribution in [3.05, 3.63) is 0 Å². The molecule has 2 N–H and O–H groups in total. The van der Waals surface area contributed by atoms with Gasteiger partial charge < -0.3 is 15.4 Å². The van der Waals surface area contributed by atoms with Crippen molar-refractivity contribution in [2.24, 2.45) is 5.73 Å². The molecule has 0 bridgehead atoms. The topological polar surface area (TPSA) is 55.6 Å². The predicted octanol–water partition coefficient (Wildman–Crippen LogP) is 0.751. The highest BCUT2D eigenvalue weighted by Gasteiger charge is 2.33. The van der Waals surface area contributed by atoms with Crippen LogP contribution in [-0.4, -0.2) is 43.2 Å². The SMILES string of the molecule is COC(=O)C(C)(N)CN(C)C1CCCC1. The minimum absolute atomic E-state index is 0.340. The Morgan fingerprint density at radius 2 is 2.07 bits per heavy atom. The van der Waals surface area contributed by atoms with Crippen LogP contribution in [0.2, 0.25) is 0 Å². The third kappa shape index (κ3) is 3.18. The van der Waals surface area contributed by atoms with Crippen LogP contribution in [0.3, 0.4) is 0 Å². The fraction of sp³-hybridized carbons (Fsp3) is 0.909. The summed E-state index contributed by atoms with van der Waals surface area (Å²) in [6, 6.07) is 0.581. The maximum Gasteiger partial charge on any atom is 0.326 e. The van der Waals surface area contributed by atoms with E-state index in [1.165, 1.54) is 32.8 Å². The van der Waals surface area contributed by atoms with Crippen LogP contribution in [0.15, 0.2) is 0 Å². The van der Waals surface area contributed by atoms with Crippen molar-refractivity contribution in [3.8, 4) is 0 Å². The fourth-order valence-electron chi connectivity index (χ4n) is 2.29. The van der Waals surface area contributed by atoms with E-state index in [-0.39, 0.29) is 5.97 Å². The van der Waals surface area contributed by atoms with Gasteiger partial charge in [-0.1, -0.05) is 12.8 Å². The summed E-state index contributed by atoms with van der Waals surface area (Å²) in [6.45, 7) is 2.29. The Kier molecular flexibility index (Phi) is 4.11. The monoisotopic (exact) mass is 214 g/mol. The molecule has 88 valence electrons. The van der Waals surface area contributed by atoms with Gasteiger partial charge in [0.05, 0.1) is 7.11 Å². The van der Waals surface area contributed by atoms with Crippen molar-refractivity contribution in [2.75, 3.05) is 20.7 Å². The van der Waals surface area contributed by atoms with E-state index >= 15 is 0 Å². The molecule has 1 aliphatic carbocycles. The van der Waals surface area contributed by atoms with Crippen molar-refractivity contribution in [1.82, 2.24) is 4.90 Å². The molecule has 0 aromatic rings. The van der Waals surface area contributed by atoms with E-state index in [0.29, 0.717) is 12.6 Å². The zero-order chi connectivity index (χ0) is 11.5. The summed E-state index contributed by atoms with van der Waals surface area (Å²) >= 11 is 0. The van der Waals surface area contributed by atoms with Crippen LogP contribution in [0.4, 0.5) is 0 Å². The average Bonchev–Trinajstić information content (AvgIpc) is 2.68. The molecule has 0 aromatic carbocycles. The first-order valence-electron chi connectivity index (χ1n) is 5.55. The van der Waals surface area contributed by atoms with E-state index in [4.69, 9.17) is 5.73 Å². The molecule has 0 saturated heterocycles. The fourth-order valence-corrected chi connectivity index (χ4v) is 2.29. The van der Waals surface area contributed by atoms with Crippen LogP contribution >= 0.6 is 0 Å². The normalized spacial score (nSPS) is 21.7. The minimum Gasteiger partial charge on any atom is -0.468 e. The lowest BCUT2D eigenvalue weighted by Crippen LogP contribution is -2.55. The first-order valence-corrected chi connectivity index (χ1v) is 5.55. The molecular formula is C11H22N2O2. The second-order valence-corrected chi connectivity index (χ2v) is 4.76. The van der Waals surface area contributed by atoms with E-state index in [2.05, 4.69) is 9.64 Å². The molecule has 4 heteroatoms. The lowest BCUT2D eigenvalue weighted by Gasteiger charge is -2.31. The van der Waals surface area contributed by atoms with Crippen molar-refractivity contribution in [1.29, 1.82) is 0 Å². The second-order valence-electron chi connectivity index (χ2n) is 4.76. The Balaban J connectivity index is 2.48. The molecule has 1 rings (SSSR count). The first-order chi connectivity index (χ1) is 6.97. The number of carbonyl (C=O) groups is 1. The maximum atomic E-state index is 11.4. The number of carbonyl (C=O) groups excluding carboxylic acids is 1. The molecule has 0 aromatic heterocycles. The molecule has 1 fully saturated rings. The molecule has 0 heterocycles. The summed E-state index contributed by atoms with van der Waals surface area (Å²) in [6.07, 6.45) is 5.00. The van der Waals surface area contributed by atoms with Crippen molar-refractivity contribution < 1.29 is 9.53 Å². The van der Waals surface area contributed by atoms with Crippen LogP contribution in [0, 0.1) is 0 Å². The first kappa shape index (κ1) is 12.5. The summed E-state index contributed by atoms with van der Waals surface area (Å²) in [5, 5.41) is 0. The number of hydrogen-bond acceptors (Lipinski definition) is 4. The minimum atomic E-state index is -0.897. The van der Waals surface area contributed by atoms with Gasteiger partial charge in [-0.25, -0.2) is 0 Å². The molecular weight excluding hydrogens is 192 g/mol. The number of hydrogen-bond donors (Lipinski definition) is 1. The summed E-state index contributed by atoms with van der Waals surface area (Å²) in [4.78, 5) is 13.6. The van der Waals surface area contributed by atoms with Crippen molar-refractivity contribution in [3.63, 3.8) is 0 Å². The predicted molar refractivity (Wildman–Crippen MR) is 59.5 cm³/mol. The standard InChI is InChI=1S/C11H22N2O2/c1-11(12,10(14)15-3)8-13(2)9-6-4-5-7-9/h9H,4-8,12H2,1-3H3. The second kappa shape index (κ2) is 4.94. The third-order valence-corrected chi connectivity index (χ3v) is 3.18. The van der Waals surface area contributed by atoms with Gasteiger partial charge in [-0.15, -0.1) is 0 Å². The van der Waals surface area contributed by atoms with Gasteiger partial charge in [-0.2, -0.15) is 0 Å². The highest BCUT2D eigenvalue weighted by atomic mass is 16.5. The number of ether oxygens (including phenoxy) is 1. The number of esters is 1. The van der Waals surface area contributed by atoms with Gasteiger partial charge >= 0.3 is 5.97 Å². The van der Waals surface area contributed by atoms with Gasteiger partial charge in [0.15, 0.2) is 0 Å². The molecule has 0 aliphatic heterocycles. The van der Waals surface area contributed by atoms with Crippen LogP contribution in [0.1, 0.15) is 32.6 Å². The zero-order valence-corrected chi connectivity index (χ0v) is 9.95. The Hall–Kier alpha value is -0.610. The van der Waals surface area contributed by atoms with Crippen LogP contribution in [0.5, 0.6) is 0 Å². The van der Waals surface area contributed by atoms with Gasteiger partial charge in [0.1, 0.15) is 5.54 Å². The van der Waals surface area contributed by atoms with Gasteiger partial charge in [0.25, 0.3) is 0 Å². The molecule has 0 spiro atoms. The van der Waals surface area contributed by atoms with E-state index in [1.54, 1.807) is 6.92 Å². The van der Waals surface area contributed by atoms with E-state index in [0.717, 1.165) is 0 Å².